The Labute approximate surface area is 181 Å². The van der Waals surface area contributed by atoms with Crippen LogP contribution in [-0.2, 0) is 11.2 Å². The van der Waals surface area contributed by atoms with E-state index in [1.807, 2.05) is 35.2 Å². The molecule has 4 rings (SSSR count). The minimum Gasteiger partial charge on any atom is -0.348 e. The van der Waals surface area contributed by atoms with Crippen LogP contribution in [-0.4, -0.2) is 48.8 Å². The van der Waals surface area contributed by atoms with Gasteiger partial charge in [-0.3, -0.25) is 9.59 Å². The Balaban J connectivity index is 1.56. The number of thiophene rings is 1. The molecule has 0 bridgehead atoms. The summed E-state index contributed by atoms with van der Waals surface area (Å²) in [5.41, 5.74) is 2.40. The second-order valence-corrected chi connectivity index (χ2v) is 9.12. The minimum atomic E-state index is -0.585. The summed E-state index contributed by atoms with van der Waals surface area (Å²) in [5, 5.41) is 2.07. The molecule has 4 nitrogen and oxygen atoms in total. The van der Waals surface area contributed by atoms with Crippen LogP contribution in [0.25, 0.3) is 10.4 Å². The van der Waals surface area contributed by atoms with Crippen molar-refractivity contribution >= 4 is 23.2 Å². The number of carbonyl (C=O) groups excluding carboxylic acids is 2. The van der Waals surface area contributed by atoms with Crippen LogP contribution in [0.2, 0.25) is 0 Å². The molecule has 5 heteroatoms. The minimum absolute atomic E-state index is 0.00271. The van der Waals surface area contributed by atoms with Crippen molar-refractivity contribution in [1.82, 2.24) is 9.80 Å². The summed E-state index contributed by atoms with van der Waals surface area (Å²) in [6, 6.07) is 21.9. The quantitative estimate of drug-likeness (QED) is 0.609. The van der Waals surface area contributed by atoms with Gasteiger partial charge in [0.15, 0.2) is 0 Å². The summed E-state index contributed by atoms with van der Waals surface area (Å²) in [7, 11) is 3.59. The standard InChI is InChI=1S/C25H26N2O2S/c1-26(2)24(29)25(14-15-27(18-25)23(28)21-7-4-3-5-8-21)17-19-10-12-20(13-11-19)22-9-6-16-30-22/h3-13,16H,14-15,17-18H2,1-2H3/t25-/m1/s1. The van der Waals surface area contributed by atoms with Crippen LogP contribution in [0, 0.1) is 5.41 Å². The number of hydrogen-bond acceptors (Lipinski definition) is 3. The molecule has 30 heavy (non-hydrogen) atoms. The van der Waals surface area contributed by atoms with E-state index in [0.717, 1.165) is 5.56 Å². The van der Waals surface area contributed by atoms with E-state index in [-0.39, 0.29) is 11.8 Å². The lowest BCUT2D eigenvalue weighted by atomic mass is 9.79. The third-order valence-electron chi connectivity index (χ3n) is 5.82. The molecule has 0 N–H and O–H groups in total. The average Bonchev–Trinajstić information content (AvgIpc) is 3.45. The van der Waals surface area contributed by atoms with Gasteiger partial charge in [-0.05, 0) is 47.5 Å². The zero-order chi connectivity index (χ0) is 21.1. The van der Waals surface area contributed by atoms with Gasteiger partial charge in [0.25, 0.3) is 5.91 Å². The van der Waals surface area contributed by atoms with E-state index in [4.69, 9.17) is 0 Å². The topological polar surface area (TPSA) is 40.6 Å². The Bertz CT molecular complexity index is 1010. The van der Waals surface area contributed by atoms with E-state index in [0.29, 0.717) is 31.5 Å². The predicted octanol–water partition coefficient (Wildman–Crippen LogP) is 4.58. The molecule has 154 valence electrons. The first-order chi connectivity index (χ1) is 14.5. The molecule has 1 aromatic heterocycles. The molecule has 0 saturated carbocycles. The maximum atomic E-state index is 13.2. The lowest BCUT2D eigenvalue weighted by molar-refractivity contribution is -0.138. The number of likely N-dealkylation sites (tertiary alicyclic amines) is 1. The highest BCUT2D eigenvalue weighted by Crippen LogP contribution is 2.37. The zero-order valence-corrected chi connectivity index (χ0v) is 18.2. The molecule has 1 aliphatic rings. The molecule has 3 aromatic rings. The molecule has 1 saturated heterocycles. The van der Waals surface area contributed by atoms with Gasteiger partial charge < -0.3 is 9.80 Å². The first kappa shape index (κ1) is 20.4. The van der Waals surface area contributed by atoms with E-state index >= 15 is 0 Å². The van der Waals surface area contributed by atoms with Crippen molar-refractivity contribution in [3.63, 3.8) is 0 Å². The summed E-state index contributed by atoms with van der Waals surface area (Å²) < 4.78 is 0. The van der Waals surface area contributed by atoms with Gasteiger partial charge in [0, 0.05) is 37.6 Å². The number of carbonyl (C=O) groups is 2. The van der Waals surface area contributed by atoms with Crippen molar-refractivity contribution in [3.8, 4) is 10.4 Å². The Morgan fingerprint density at radius 2 is 1.73 bits per heavy atom. The van der Waals surface area contributed by atoms with Gasteiger partial charge in [0.1, 0.15) is 0 Å². The monoisotopic (exact) mass is 418 g/mol. The van der Waals surface area contributed by atoms with E-state index in [2.05, 4.69) is 41.8 Å². The first-order valence-electron chi connectivity index (χ1n) is 10.2. The van der Waals surface area contributed by atoms with Crippen LogP contribution in [0.4, 0.5) is 0 Å². The molecule has 0 radical (unpaired) electrons. The van der Waals surface area contributed by atoms with Gasteiger partial charge in [-0.15, -0.1) is 11.3 Å². The maximum absolute atomic E-state index is 13.2. The number of benzene rings is 2. The smallest absolute Gasteiger partial charge is 0.253 e. The maximum Gasteiger partial charge on any atom is 0.253 e. The van der Waals surface area contributed by atoms with Gasteiger partial charge in [-0.2, -0.15) is 0 Å². The Morgan fingerprint density at radius 1 is 1.00 bits per heavy atom. The van der Waals surface area contributed by atoms with Crippen LogP contribution < -0.4 is 0 Å². The SMILES string of the molecule is CN(C)C(=O)[C@@]1(Cc2ccc(-c3cccs3)cc2)CCN(C(=O)c2ccccc2)C1. The summed E-state index contributed by atoms with van der Waals surface area (Å²) >= 11 is 1.72. The largest absolute Gasteiger partial charge is 0.348 e. The van der Waals surface area contributed by atoms with E-state index in [1.165, 1.54) is 10.4 Å². The molecule has 2 amide bonds. The fourth-order valence-corrected chi connectivity index (χ4v) is 5.03. The van der Waals surface area contributed by atoms with Crippen LogP contribution >= 0.6 is 11.3 Å². The number of amides is 2. The molecule has 0 spiro atoms. The highest BCUT2D eigenvalue weighted by atomic mass is 32.1. The van der Waals surface area contributed by atoms with Gasteiger partial charge in [0.2, 0.25) is 5.91 Å². The molecule has 1 atom stereocenters. The van der Waals surface area contributed by atoms with Crippen molar-refractivity contribution < 1.29 is 9.59 Å². The van der Waals surface area contributed by atoms with Crippen LogP contribution in [0.5, 0.6) is 0 Å². The van der Waals surface area contributed by atoms with Crippen molar-refractivity contribution in [2.75, 3.05) is 27.2 Å². The molecule has 2 aromatic carbocycles. The summed E-state index contributed by atoms with van der Waals surface area (Å²) in [5.74, 6) is 0.0882. The van der Waals surface area contributed by atoms with Crippen LogP contribution in [0.3, 0.4) is 0 Å². The highest BCUT2D eigenvalue weighted by Gasteiger charge is 2.46. The zero-order valence-electron chi connectivity index (χ0n) is 17.4. The normalized spacial score (nSPS) is 18.4. The molecule has 0 unspecified atom stereocenters. The van der Waals surface area contributed by atoms with E-state index in [9.17, 15) is 9.59 Å². The van der Waals surface area contributed by atoms with Crippen molar-refractivity contribution in [1.29, 1.82) is 0 Å². The van der Waals surface area contributed by atoms with Gasteiger partial charge in [-0.1, -0.05) is 48.5 Å². The number of rotatable bonds is 5. The van der Waals surface area contributed by atoms with Crippen molar-refractivity contribution in [3.05, 3.63) is 83.2 Å². The summed E-state index contributed by atoms with van der Waals surface area (Å²) in [6.07, 6.45) is 1.31. The fourth-order valence-electron chi connectivity index (χ4n) is 4.30. The second kappa shape index (κ2) is 8.44. The summed E-state index contributed by atoms with van der Waals surface area (Å²) in [6.45, 7) is 1.05. The Kier molecular flexibility index (Phi) is 5.73. The molecule has 0 aliphatic carbocycles. The third kappa shape index (κ3) is 4.03. The average molecular weight is 419 g/mol. The Hall–Kier alpha value is -2.92. The summed E-state index contributed by atoms with van der Waals surface area (Å²) in [4.78, 5) is 30.9. The van der Waals surface area contributed by atoms with Gasteiger partial charge in [-0.25, -0.2) is 0 Å². The Morgan fingerprint density at radius 3 is 2.37 bits per heavy atom. The fraction of sp³-hybridized carbons (Fsp3) is 0.280. The first-order valence-corrected chi connectivity index (χ1v) is 11.1. The van der Waals surface area contributed by atoms with E-state index in [1.54, 1.807) is 30.3 Å². The van der Waals surface area contributed by atoms with Crippen molar-refractivity contribution in [2.24, 2.45) is 5.41 Å². The van der Waals surface area contributed by atoms with E-state index < -0.39 is 5.41 Å². The molecule has 1 aliphatic heterocycles. The predicted molar refractivity (Wildman–Crippen MR) is 122 cm³/mol. The number of hydrogen-bond donors (Lipinski definition) is 0. The molecule has 1 fully saturated rings. The highest BCUT2D eigenvalue weighted by molar-refractivity contribution is 7.13. The van der Waals surface area contributed by atoms with Crippen LogP contribution in [0.15, 0.2) is 72.1 Å². The molecule has 2 heterocycles. The second-order valence-electron chi connectivity index (χ2n) is 8.17. The lowest BCUT2D eigenvalue weighted by Crippen LogP contribution is -2.44. The van der Waals surface area contributed by atoms with Crippen LogP contribution in [0.1, 0.15) is 22.3 Å². The van der Waals surface area contributed by atoms with Crippen molar-refractivity contribution in [2.45, 2.75) is 12.8 Å². The molecular formula is C25H26N2O2S. The third-order valence-corrected chi connectivity index (χ3v) is 6.74. The number of nitrogens with zero attached hydrogens (tertiary/aromatic N) is 2. The van der Waals surface area contributed by atoms with Gasteiger partial charge in [0.05, 0.1) is 5.41 Å². The van der Waals surface area contributed by atoms with Gasteiger partial charge >= 0.3 is 0 Å². The lowest BCUT2D eigenvalue weighted by Gasteiger charge is -2.31. The molecular weight excluding hydrogens is 392 g/mol.